The van der Waals surface area contributed by atoms with Gasteiger partial charge in [0, 0.05) is 28.3 Å². The number of aromatic nitrogens is 4. The molecule has 0 aliphatic rings. The molecule has 2 aromatic carbocycles. The fourth-order valence-corrected chi connectivity index (χ4v) is 4.70. The molecular weight excluding hydrogens is 400 g/mol. The number of benzene rings is 2. The summed E-state index contributed by atoms with van der Waals surface area (Å²) in [5.74, 6) is 2.79. The van der Waals surface area contributed by atoms with Crippen LogP contribution in [0.15, 0.2) is 65.1 Å². The van der Waals surface area contributed by atoms with Gasteiger partial charge < -0.3 is 4.74 Å². The molecule has 148 valence electrons. The van der Waals surface area contributed by atoms with Gasteiger partial charge in [-0.2, -0.15) is 0 Å². The average Bonchev–Trinajstić information content (AvgIpc) is 3.40. The Bertz CT molecular complexity index is 1090. The molecule has 0 aliphatic carbocycles. The van der Waals surface area contributed by atoms with Gasteiger partial charge in [0.15, 0.2) is 11.0 Å². The highest BCUT2D eigenvalue weighted by molar-refractivity contribution is 7.98. The van der Waals surface area contributed by atoms with E-state index in [1.165, 1.54) is 5.01 Å². The van der Waals surface area contributed by atoms with Gasteiger partial charge in [-0.25, -0.2) is 4.98 Å². The lowest BCUT2D eigenvalue weighted by atomic mass is 10.2. The summed E-state index contributed by atoms with van der Waals surface area (Å²) < 4.78 is 7.48. The summed E-state index contributed by atoms with van der Waals surface area (Å²) in [6.07, 6.45) is 0. The summed E-state index contributed by atoms with van der Waals surface area (Å²) in [4.78, 5) is 4.74. The second kappa shape index (κ2) is 8.80. The Kier molecular flexibility index (Phi) is 5.97. The minimum Gasteiger partial charge on any atom is -0.497 e. The standard InChI is InChI=1S/C22H22N4OS2/c1-15(2)21-23-17(13-28-21)14-29-22-25-24-20(16-8-7-11-19(12-16)27-3)26(22)18-9-5-4-6-10-18/h4-13,15H,14H2,1-3H3. The van der Waals surface area contributed by atoms with E-state index in [0.717, 1.165) is 39.4 Å². The van der Waals surface area contributed by atoms with Crippen molar-refractivity contribution in [1.82, 2.24) is 19.7 Å². The Morgan fingerprint density at radius 1 is 1.07 bits per heavy atom. The number of methoxy groups -OCH3 is 1. The number of para-hydroxylation sites is 1. The van der Waals surface area contributed by atoms with Crippen LogP contribution in [-0.4, -0.2) is 26.9 Å². The molecule has 4 aromatic rings. The van der Waals surface area contributed by atoms with E-state index in [0.29, 0.717) is 5.92 Å². The first-order valence-electron chi connectivity index (χ1n) is 9.38. The van der Waals surface area contributed by atoms with Crippen LogP contribution in [0.4, 0.5) is 0 Å². The van der Waals surface area contributed by atoms with Crippen molar-refractivity contribution in [2.45, 2.75) is 30.7 Å². The molecule has 0 N–H and O–H groups in total. The fourth-order valence-electron chi connectivity index (χ4n) is 2.91. The predicted molar refractivity (Wildman–Crippen MR) is 119 cm³/mol. The number of thiazole rings is 1. The molecule has 0 unspecified atom stereocenters. The van der Waals surface area contributed by atoms with E-state index >= 15 is 0 Å². The third-order valence-corrected chi connectivity index (χ3v) is 6.54. The van der Waals surface area contributed by atoms with Gasteiger partial charge in [-0.15, -0.1) is 21.5 Å². The Morgan fingerprint density at radius 3 is 2.62 bits per heavy atom. The van der Waals surface area contributed by atoms with Crippen LogP contribution >= 0.6 is 23.1 Å². The van der Waals surface area contributed by atoms with E-state index in [1.54, 1.807) is 30.2 Å². The van der Waals surface area contributed by atoms with Gasteiger partial charge in [0.25, 0.3) is 0 Å². The van der Waals surface area contributed by atoms with Crippen LogP contribution in [0.1, 0.15) is 30.5 Å². The normalized spacial score (nSPS) is 11.2. The number of hydrogen-bond donors (Lipinski definition) is 0. The van der Waals surface area contributed by atoms with E-state index < -0.39 is 0 Å². The molecule has 0 saturated heterocycles. The van der Waals surface area contributed by atoms with Crippen LogP contribution < -0.4 is 4.74 Å². The van der Waals surface area contributed by atoms with E-state index in [2.05, 4.69) is 46.1 Å². The van der Waals surface area contributed by atoms with E-state index in [4.69, 9.17) is 9.72 Å². The second-order valence-electron chi connectivity index (χ2n) is 6.83. The first-order valence-corrected chi connectivity index (χ1v) is 11.2. The molecule has 29 heavy (non-hydrogen) atoms. The van der Waals surface area contributed by atoms with Gasteiger partial charge in [0.2, 0.25) is 0 Å². The highest BCUT2D eigenvalue weighted by atomic mass is 32.2. The van der Waals surface area contributed by atoms with Crippen molar-refractivity contribution in [3.8, 4) is 22.8 Å². The molecule has 0 saturated carbocycles. The van der Waals surface area contributed by atoms with Gasteiger partial charge in [-0.1, -0.05) is 55.9 Å². The van der Waals surface area contributed by atoms with Gasteiger partial charge >= 0.3 is 0 Å². The number of hydrogen-bond acceptors (Lipinski definition) is 6. The van der Waals surface area contributed by atoms with Gasteiger partial charge in [0.05, 0.1) is 17.8 Å². The molecule has 0 atom stereocenters. The lowest BCUT2D eigenvalue weighted by molar-refractivity contribution is 0.415. The highest BCUT2D eigenvalue weighted by Gasteiger charge is 2.17. The number of rotatable bonds is 7. The maximum atomic E-state index is 5.39. The van der Waals surface area contributed by atoms with Crippen molar-refractivity contribution in [2.24, 2.45) is 0 Å². The van der Waals surface area contributed by atoms with Crippen molar-refractivity contribution in [3.05, 3.63) is 70.7 Å². The van der Waals surface area contributed by atoms with E-state index in [1.807, 2.05) is 42.5 Å². The van der Waals surface area contributed by atoms with Crippen molar-refractivity contribution in [1.29, 1.82) is 0 Å². The smallest absolute Gasteiger partial charge is 0.196 e. The first kappa shape index (κ1) is 19.7. The number of ether oxygens (including phenoxy) is 1. The summed E-state index contributed by atoms with van der Waals surface area (Å²) in [5, 5.41) is 13.1. The van der Waals surface area contributed by atoms with Crippen molar-refractivity contribution < 1.29 is 4.74 Å². The molecule has 2 heterocycles. The molecule has 0 spiro atoms. The van der Waals surface area contributed by atoms with E-state index in [-0.39, 0.29) is 0 Å². The lowest BCUT2D eigenvalue weighted by Gasteiger charge is -2.10. The van der Waals surface area contributed by atoms with Crippen molar-refractivity contribution >= 4 is 23.1 Å². The first-order chi connectivity index (χ1) is 14.2. The Balaban J connectivity index is 1.69. The molecule has 0 bridgehead atoms. The maximum absolute atomic E-state index is 5.39. The summed E-state index contributed by atoms with van der Waals surface area (Å²) in [6.45, 7) is 4.34. The van der Waals surface area contributed by atoms with Crippen LogP contribution in [-0.2, 0) is 5.75 Å². The van der Waals surface area contributed by atoms with Gasteiger partial charge in [-0.3, -0.25) is 4.57 Å². The van der Waals surface area contributed by atoms with Crippen LogP contribution in [0.25, 0.3) is 17.1 Å². The quantitative estimate of drug-likeness (QED) is 0.352. The molecular formula is C22H22N4OS2. The van der Waals surface area contributed by atoms with Gasteiger partial charge in [0.1, 0.15) is 5.75 Å². The zero-order chi connectivity index (χ0) is 20.2. The third kappa shape index (κ3) is 4.36. The molecule has 0 aliphatic heterocycles. The Labute approximate surface area is 178 Å². The van der Waals surface area contributed by atoms with Crippen molar-refractivity contribution in [2.75, 3.05) is 7.11 Å². The minimum atomic E-state index is 0.450. The van der Waals surface area contributed by atoms with Crippen molar-refractivity contribution in [3.63, 3.8) is 0 Å². The summed E-state index contributed by atoms with van der Waals surface area (Å²) in [6, 6.07) is 18.1. The van der Waals surface area contributed by atoms with Crippen LogP contribution in [0.2, 0.25) is 0 Å². The van der Waals surface area contributed by atoms with Crippen LogP contribution in [0.3, 0.4) is 0 Å². The average molecular weight is 423 g/mol. The summed E-state index contributed by atoms with van der Waals surface area (Å²) in [7, 11) is 1.67. The lowest BCUT2D eigenvalue weighted by Crippen LogP contribution is -2.00. The molecule has 0 fully saturated rings. The Hall–Kier alpha value is -2.64. The summed E-state index contributed by atoms with van der Waals surface area (Å²) in [5.41, 5.74) is 3.07. The number of nitrogens with zero attached hydrogens (tertiary/aromatic N) is 4. The SMILES string of the molecule is COc1cccc(-c2nnc(SCc3csc(C(C)C)n3)n2-c2ccccc2)c1. The number of thioether (sulfide) groups is 1. The topological polar surface area (TPSA) is 52.8 Å². The Morgan fingerprint density at radius 2 is 1.90 bits per heavy atom. The zero-order valence-corrected chi connectivity index (χ0v) is 18.2. The molecule has 0 amide bonds. The third-order valence-electron chi connectivity index (χ3n) is 4.39. The predicted octanol–water partition coefficient (Wildman–Crippen LogP) is 5.82. The largest absolute Gasteiger partial charge is 0.497 e. The monoisotopic (exact) mass is 422 g/mol. The molecule has 5 nitrogen and oxygen atoms in total. The van der Waals surface area contributed by atoms with E-state index in [9.17, 15) is 0 Å². The summed E-state index contributed by atoms with van der Waals surface area (Å²) >= 11 is 3.37. The molecule has 2 aromatic heterocycles. The molecule has 7 heteroatoms. The fraction of sp³-hybridized carbons (Fsp3) is 0.227. The van der Waals surface area contributed by atoms with Crippen LogP contribution in [0.5, 0.6) is 5.75 Å². The van der Waals surface area contributed by atoms with Crippen LogP contribution in [0, 0.1) is 0 Å². The second-order valence-corrected chi connectivity index (χ2v) is 8.66. The highest BCUT2D eigenvalue weighted by Crippen LogP contribution is 2.31. The van der Waals surface area contributed by atoms with Gasteiger partial charge in [-0.05, 0) is 24.3 Å². The molecule has 4 rings (SSSR count). The minimum absolute atomic E-state index is 0.450. The molecule has 0 radical (unpaired) electrons. The maximum Gasteiger partial charge on any atom is 0.196 e. The zero-order valence-electron chi connectivity index (χ0n) is 16.6.